The van der Waals surface area contributed by atoms with Gasteiger partial charge in [-0.1, -0.05) is 0 Å². The van der Waals surface area contributed by atoms with Crippen LogP contribution in [0.5, 0.6) is 5.75 Å². The second kappa shape index (κ2) is 7.55. The number of nitrogens with two attached hydrogens (primary N) is 1. The molecule has 0 atom stereocenters. The van der Waals surface area contributed by atoms with Gasteiger partial charge >= 0.3 is 0 Å². The van der Waals surface area contributed by atoms with Crippen LogP contribution in [-0.2, 0) is 13.6 Å². The molecular weight excluding hydrogens is 347 g/mol. The summed E-state index contributed by atoms with van der Waals surface area (Å²) >= 11 is 0. The van der Waals surface area contributed by atoms with E-state index < -0.39 is 5.82 Å². The molecule has 0 fully saturated rings. The number of rotatable bonds is 5. The zero-order valence-corrected chi connectivity index (χ0v) is 15.0. The summed E-state index contributed by atoms with van der Waals surface area (Å²) in [4.78, 5) is 25.0. The monoisotopic (exact) mass is 366 g/mol. The average molecular weight is 366 g/mol. The number of ketones is 1. The van der Waals surface area contributed by atoms with Crippen molar-refractivity contribution >= 4 is 5.78 Å². The maximum Gasteiger partial charge on any atom is 0.250 e. The molecule has 3 aromatic rings. The van der Waals surface area contributed by atoms with Gasteiger partial charge in [0.05, 0.1) is 7.11 Å². The fraction of sp³-hybridized carbons (Fsp3) is 0.143. The normalized spacial score (nSPS) is 10.7. The molecule has 27 heavy (non-hydrogen) atoms. The van der Waals surface area contributed by atoms with Gasteiger partial charge in [0, 0.05) is 42.5 Å². The van der Waals surface area contributed by atoms with Crippen LogP contribution < -0.4 is 16.0 Å². The average Bonchev–Trinajstić information content (AvgIpc) is 2.69. The molecule has 2 N–H and O–H groups in total. The minimum Gasteiger partial charge on any atom is -0.497 e. The zero-order chi connectivity index (χ0) is 19.6. The molecule has 1 heterocycles. The second-order valence-electron chi connectivity index (χ2n) is 6.11. The van der Waals surface area contributed by atoms with Crippen molar-refractivity contribution < 1.29 is 13.9 Å². The summed E-state index contributed by atoms with van der Waals surface area (Å²) in [6, 6.07) is 11.9. The number of hydrogen-bond acceptors (Lipinski definition) is 4. The Balaban J connectivity index is 2.23. The first-order chi connectivity index (χ1) is 12.9. The van der Waals surface area contributed by atoms with Gasteiger partial charge in [0.1, 0.15) is 11.6 Å². The Morgan fingerprint density at radius 2 is 1.81 bits per heavy atom. The lowest BCUT2D eigenvalue weighted by atomic mass is 9.92. The van der Waals surface area contributed by atoms with E-state index >= 15 is 0 Å². The number of aromatic nitrogens is 1. The van der Waals surface area contributed by atoms with Crippen molar-refractivity contribution in [3.63, 3.8) is 0 Å². The SMILES string of the molecule is COc1ccc(-c2cn(C)c(=O)cc2CN)c(C(=O)c2ccc(F)cc2)c1. The number of nitrogens with zero attached hydrogens (tertiary/aromatic N) is 1. The molecule has 0 unspecified atom stereocenters. The van der Waals surface area contributed by atoms with Gasteiger partial charge in [-0.25, -0.2) is 4.39 Å². The van der Waals surface area contributed by atoms with Gasteiger partial charge in [-0.2, -0.15) is 0 Å². The molecule has 3 rings (SSSR count). The number of methoxy groups -OCH3 is 1. The molecule has 0 saturated heterocycles. The van der Waals surface area contributed by atoms with E-state index in [1.165, 1.54) is 42.0 Å². The van der Waals surface area contributed by atoms with Crippen LogP contribution in [0.4, 0.5) is 4.39 Å². The largest absolute Gasteiger partial charge is 0.497 e. The third-order valence-electron chi connectivity index (χ3n) is 4.40. The van der Waals surface area contributed by atoms with Crippen molar-refractivity contribution in [3.05, 3.63) is 87.6 Å². The molecule has 0 saturated carbocycles. The van der Waals surface area contributed by atoms with Gasteiger partial charge in [-0.05, 0) is 53.6 Å². The fourth-order valence-corrected chi connectivity index (χ4v) is 2.91. The molecule has 0 aliphatic rings. The van der Waals surface area contributed by atoms with Crippen LogP contribution >= 0.6 is 0 Å². The number of carbonyl (C=O) groups excluding carboxylic acids is 1. The van der Waals surface area contributed by atoms with Gasteiger partial charge in [-0.3, -0.25) is 9.59 Å². The number of pyridine rings is 1. The summed E-state index contributed by atoms with van der Waals surface area (Å²) in [6.07, 6.45) is 1.66. The van der Waals surface area contributed by atoms with E-state index in [2.05, 4.69) is 0 Å². The highest BCUT2D eigenvalue weighted by Gasteiger charge is 2.18. The number of halogens is 1. The summed E-state index contributed by atoms with van der Waals surface area (Å²) in [7, 11) is 3.15. The van der Waals surface area contributed by atoms with Crippen molar-refractivity contribution in [2.45, 2.75) is 6.54 Å². The first-order valence-electron chi connectivity index (χ1n) is 8.33. The van der Waals surface area contributed by atoms with Crippen molar-refractivity contribution in [2.75, 3.05) is 7.11 Å². The molecule has 0 radical (unpaired) electrons. The first kappa shape index (κ1) is 18.5. The first-order valence-corrected chi connectivity index (χ1v) is 8.33. The summed E-state index contributed by atoms with van der Waals surface area (Å²) in [5.41, 5.74) is 8.32. The molecular formula is C21H19FN2O3. The van der Waals surface area contributed by atoms with Crippen LogP contribution in [0.15, 0.2) is 59.5 Å². The predicted molar refractivity (Wildman–Crippen MR) is 101 cm³/mol. The minimum absolute atomic E-state index is 0.154. The van der Waals surface area contributed by atoms with Gasteiger partial charge in [0.2, 0.25) is 0 Å². The Bertz CT molecular complexity index is 1060. The second-order valence-corrected chi connectivity index (χ2v) is 6.11. The number of hydrogen-bond donors (Lipinski definition) is 1. The van der Waals surface area contributed by atoms with E-state index in [0.717, 1.165) is 0 Å². The Kier molecular flexibility index (Phi) is 5.19. The van der Waals surface area contributed by atoms with Crippen LogP contribution in [0.25, 0.3) is 11.1 Å². The summed E-state index contributed by atoms with van der Waals surface area (Å²) in [6.45, 7) is 0.154. The van der Waals surface area contributed by atoms with E-state index in [0.29, 0.717) is 33.6 Å². The lowest BCUT2D eigenvalue weighted by Gasteiger charge is -2.15. The van der Waals surface area contributed by atoms with Gasteiger partial charge < -0.3 is 15.0 Å². The number of ether oxygens (including phenoxy) is 1. The maximum absolute atomic E-state index is 13.2. The molecule has 0 aliphatic carbocycles. The van der Waals surface area contributed by atoms with Crippen molar-refractivity contribution in [3.8, 4) is 16.9 Å². The van der Waals surface area contributed by atoms with E-state index in [1.54, 1.807) is 31.4 Å². The van der Waals surface area contributed by atoms with E-state index in [-0.39, 0.29) is 17.9 Å². The number of aryl methyl sites for hydroxylation is 1. The highest BCUT2D eigenvalue weighted by molar-refractivity contribution is 6.13. The molecule has 1 aromatic heterocycles. The summed E-state index contributed by atoms with van der Waals surface area (Å²) < 4.78 is 19.9. The summed E-state index contributed by atoms with van der Waals surface area (Å²) in [5.74, 6) is -0.176. The zero-order valence-electron chi connectivity index (χ0n) is 15.0. The van der Waals surface area contributed by atoms with Crippen molar-refractivity contribution in [1.29, 1.82) is 0 Å². The maximum atomic E-state index is 13.2. The molecule has 6 heteroatoms. The molecule has 138 valence electrons. The van der Waals surface area contributed by atoms with Crippen LogP contribution in [0.2, 0.25) is 0 Å². The predicted octanol–water partition coefficient (Wildman–Crippen LogP) is 2.89. The molecule has 2 aromatic carbocycles. The summed E-state index contributed by atoms with van der Waals surface area (Å²) in [5, 5.41) is 0. The Morgan fingerprint density at radius 1 is 1.11 bits per heavy atom. The van der Waals surface area contributed by atoms with Crippen LogP contribution in [0.1, 0.15) is 21.5 Å². The minimum atomic E-state index is -0.416. The third kappa shape index (κ3) is 3.66. The Hall–Kier alpha value is -3.25. The van der Waals surface area contributed by atoms with E-state index in [1.807, 2.05) is 0 Å². The van der Waals surface area contributed by atoms with Crippen LogP contribution in [0, 0.1) is 5.82 Å². The smallest absolute Gasteiger partial charge is 0.250 e. The van der Waals surface area contributed by atoms with Crippen molar-refractivity contribution in [1.82, 2.24) is 4.57 Å². The Morgan fingerprint density at radius 3 is 2.44 bits per heavy atom. The highest BCUT2D eigenvalue weighted by Crippen LogP contribution is 2.31. The fourth-order valence-electron chi connectivity index (χ4n) is 2.91. The van der Waals surface area contributed by atoms with Gasteiger partial charge in [-0.15, -0.1) is 0 Å². The molecule has 5 nitrogen and oxygen atoms in total. The molecule has 0 aliphatic heterocycles. The Labute approximate surface area is 155 Å². The highest BCUT2D eigenvalue weighted by atomic mass is 19.1. The number of carbonyl (C=O) groups is 1. The third-order valence-corrected chi connectivity index (χ3v) is 4.40. The van der Waals surface area contributed by atoms with Gasteiger partial charge in [0.25, 0.3) is 5.56 Å². The molecule has 0 amide bonds. The van der Waals surface area contributed by atoms with Crippen molar-refractivity contribution in [2.24, 2.45) is 12.8 Å². The quantitative estimate of drug-likeness (QED) is 0.705. The standard InChI is InChI=1S/C21H19FN2O3/c1-24-12-19(14(11-23)9-20(24)25)17-8-7-16(27-2)10-18(17)21(26)13-3-5-15(22)6-4-13/h3-10,12H,11,23H2,1-2H3. The van der Waals surface area contributed by atoms with E-state index in [4.69, 9.17) is 10.5 Å². The molecule has 0 bridgehead atoms. The van der Waals surface area contributed by atoms with Crippen LogP contribution in [-0.4, -0.2) is 17.5 Å². The molecule has 0 spiro atoms. The lowest BCUT2D eigenvalue weighted by Crippen LogP contribution is -2.18. The van der Waals surface area contributed by atoms with E-state index in [9.17, 15) is 14.0 Å². The van der Waals surface area contributed by atoms with Gasteiger partial charge in [0.15, 0.2) is 5.78 Å². The number of benzene rings is 2. The van der Waals surface area contributed by atoms with Crippen LogP contribution in [0.3, 0.4) is 0 Å². The lowest BCUT2D eigenvalue weighted by molar-refractivity contribution is 0.103. The topological polar surface area (TPSA) is 74.3 Å².